The molecule has 0 radical (unpaired) electrons. The van der Waals surface area contributed by atoms with Crippen molar-refractivity contribution in [1.82, 2.24) is 19.5 Å². The molecule has 0 saturated carbocycles. The molecule has 11 nitrogen and oxygen atoms in total. The van der Waals surface area contributed by atoms with Crippen molar-refractivity contribution in [3.63, 3.8) is 0 Å². The monoisotopic (exact) mass is 474 g/mol. The van der Waals surface area contributed by atoms with Crippen LogP contribution in [0.3, 0.4) is 0 Å². The van der Waals surface area contributed by atoms with E-state index in [4.69, 9.17) is 15.0 Å². The topological polar surface area (TPSA) is 129 Å². The van der Waals surface area contributed by atoms with E-state index in [0.717, 1.165) is 0 Å². The van der Waals surface area contributed by atoms with Crippen LogP contribution in [-0.2, 0) is 9.53 Å². The first-order valence-corrected chi connectivity index (χ1v) is 10.6. The second-order valence-corrected chi connectivity index (χ2v) is 7.43. The van der Waals surface area contributed by atoms with Gasteiger partial charge >= 0.3 is 0 Å². The summed E-state index contributed by atoms with van der Waals surface area (Å²) < 4.78 is 37.7. The van der Waals surface area contributed by atoms with E-state index in [1.165, 1.54) is 7.11 Å². The summed E-state index contributed by atoms with van der Waals surface area (Å²) in [4.78, 5) is 18.5. The summed E-state index contributed by atoms with van der Waals surface area (Å²) in [6.07, 6.45) is -0.842. The molecule has 0 aliphatic carbocycles. The smallest absolute Gasteiger partial charge is 0.255 e. The van der Waals surface area contributed by atoms with E-state index in [0.29, 0.717) is 48.6 Å². The molecule has 180 valence electrons. The van der Waals surface area contributed by atoms with Crippen LogP contribution in [0.4, 0.5) is 26.1 Å². The van der Waals surface area contributed by atoms with Crippen molar-refractivity contribution < 1.29 is 23.0 Å². The number of benzene rings is 1. The fraction of sp³-hybridized carbons (Fsp3) is 0.381. The maximum absolute atomic E-state index is 12.7. The Balaban J connectivity index is 1.60. The van der Waals surface area contributed by atoms with Crippen LogP contribution in [0, 0.1) is 5.53 Å². The maximum Gasteiger partial charge on any atom is 0.255 e. The fourth-order valence-electron chi connectivity index (χ4n) is 3.65. The number of alkyl halides is 2. The predicted octanol–water partition coefficient (Wildman–Crippen LogP) is 3.02. The average Bonchev–Trinajstić information content (AvgIpc) is 3.30. The number of aromatic nitrogens is 3. The number of methoxy groups -OCH3 is 1. The highest BCUT2D eigenvalue weighted by atomic mass is 19.3. The van der Waals surface area contributed by atoms with E-state index < -0.39 is 13.0 Å². The van der Waals surface area contributed by atoms with Gasteiger partial charge in [0.1, 0.15) is 11.2 Å². The number of nitrogens with one attached hydrogen (secondary N) is 3. The molecule has 3 N–H and O–H groups in total. The lowest BCUT2D eigenvalue weighted by Crippen LogP contribution is -2.43. The third kappa shape index (κ3) is 5.03. The Kier molecular flexibility index (Phi) is 7.11. The average molecular weight is 474 g/mol. The van der Waals surface area contributed by atoms with Gasteiger partial charge in [0, 0.05) is 24.8 Å². The molecule has 0 atom stereocenters. The van der Waals surface area contributed by atoms with Gasteiger partial charge in [0.05, 0.1) is 39.1 Å². The molecule has 3 aromatic rings. The number of hydrogen-bond donors (Lipinski definition) is 3. The van der Waals surface area contributed by atoms with Crippen molar-refractivity contribution in [2.45, 2.75) is 6.43 Å². The van der Waals surface area contributed by atoms with Gasteiger partial charge in [-0.3, -0.25) is 4.79 Å². The van der Waals surface area contributed by atoms with Crippen LogP contribution in [0.2, 0.25) is 0 Å². The molecule has 1 saturated heterocycles. The molecule has 4 rings (SSSR count). The molecule has 13 heteroatoms. The summed E-state index contributed by atoms with van der Waals surface area (Å²) in [5.41, 5.74) is 9.77. The molecular formula is C21H24F2N8O3. The van der Waals surface area contributed by atoms with Gasteiger partial charge in [-0.05, 0) is 23.8 Å². The molecule has 0 spiro atoms. The van der Waals surface area contributed by atoms with Crippen LogP contribution < -0.4 is 15.4 Å². The van der Waals surface area contributed by atoms with E-state index >= 15 is 0 Å². The zero-order valence-electron chi connectivity index (χ0n) is 18.4. The van der Waals surface area contributed by atoms with Crippen molar-refractivity contribution in [3.05, 3.63) is 30.5 Å². The largest absolute Gasteiger partial charge is 0.479 e. The van der Waals surface area contributed by atoms with Gasteiger partial charge in [0.2, 0.25) is 17.7 Å². The number of morpholine rings is 1. The van der Waals surface area contributed by atoms with E-state index in [9.17, 15) is 13.6 Å². The second-order valence-electron chi connectivity index (χ2n) is 7.43. The highest BCUT2D eigenvalue weighted by Crippen LogP contribution is 2.36. The number of fused-ring (bicyclic) bond motifs is 1. The summed E-state index contributed by atoms with van der Waals surface area (Å²) in [6.45, 7) is 1.60. The Morgan fingerprint density at radius 1 is 1.29 bits per heavy atom. The van der Waals surface area contributed by atoms with Gasteiger partial charge in [0.25, 0.3) is 6.43 Å². The molecule has 1 aromatic carbocycles. The lowest BCUT2D eigenvalue weighted by molar-refractivity contribution is -0.133. The van der Waals surface area contributed by atoms with Crippen LogP contribution in [-0.4, -0.2) is 78.3 Å². The first-order valence-electron chi connectivity index (χ1n) is 10.6. The molecule has 34 heavy (non-hydrogen) atoms. The van der Waals surface area contributed by atoms with Gasteiger partial charge in [-0.15, -0.1) is 5.10 Å². The van der Waals surface area contributed by atoms with E-state index in [-0.39, 0.29) is 30.0 Å². The highest BCUT2D eigenvalue weighted by Gasteiger charge is 2.19. The van der Waals surface area contributed by atoms with Crippen molar-refractivity contribution in [1.29, 1.82) is 5.53 Å². The SMILES string of the molecule is COc1nc(NCC(=O)N2CCOCC2)nn2ccc(-c3ccc(N=N)c(NCC(F)F)c3)c12. The maximum atomic E-state index is 12.7. The lowest BCUT2D eigenvalue weighted by atomic mass is 10.1. The molecule has 1 aliphatic heterocycles. The summed E-state index contributed by atoms with van der Waals surface area (Å²) in [5, 5.41) is 13.4. The Hall–Kier alpha value is -3.87. The van der Waals surface area contributed by atoms with Crippen molar-refractivity contribution in [3.8, 4) is 17.0 Å². The number of amides is 1. The van der Waals surface area contributed by atoms with Crippen molar-refractivity contribution in [2.75, 3.05) is 57.1 Å². The number of carbonyl (C=O) groups is 1. The van der Waals surface area contributed by atoms with Crippen LogP contribution in [0.25, 0.3) is 16.6 Å². The summed E-state index contributed by atoms with van der Waals surface area (Å²) in [7, 11) is 1.47. The van der Waals surface area contributed by atoms with Crippen LogP contribution in [0.1, 0.15) is 0 Å². The van der Waals surface area contributed by atoms with Gasteiger partial charge in [-0.1, -0.05) is 6.07 Å². The lowest BCUT2D eigenvalue weighted by Gasteiger charge is -2.26. The second kappa shape index (κ2) is 10.4. The van der Waals surface area contributed by atoms with Crippen LogP contribution in [0.15, 0.2) is 35.6 Å². The van der Waals surface area contributed by atoms with E-state index in [1.807, 2.05) is 0 Å². The van der Waals surface area contributed by atoms with Crippen molar-refractivity contribution in [2.24, 2.45) is 5.11 Å². The standard InChI is InChI=1S/C21H24F2N8O3/c1-33-20-19-14(13-2-3-15(28-24)16(10-13)25-11-17(22)23)4-5-31(19)29-21(27-20)26-12-18(32)30-6-8-34-9-7-30/h2-5,10,17,24-25H,6-9,11-12H2,1H3,(H,26,29). The molecule has 1 amide bonds. The van der Waals surface area contributed by atoms with E-state index in [2.05, 4.69) is 25.8 Å². The number of carbonyl (C=O) groups excluding carboxylic acids is 1. The van der Waals surface area contributed by atoms with E-state index in [1.54, 1.807) is 39.9 Å². The number of rotatable bonds is 9. The minimum atomic E-state index is -2.55. The summed E-state index contributed by atoms with van der Waals surface area (Å²) >= 11 is 0. The fourth-order valence-corrected chi connectivity index (χ4v) is 3.65. The number of halogens is 2. The Bertz CT molecular complexity index is 1180. The van der Waals surface area contributed by atoms with Gasteiger partial charge in [-0.2, -0.15) is 10.1 Å². The molecule has 0 unspecified atom stereocenters. The number of hydrogen-bond acceptors (Lipinski definition) is 9. The Labute approximate surface area is 193 Å². The quantitative estimate of drug-likeness (QED) is 0.407. The van der Waals surface area contributed by atoms with Crippen molar-refractivity contribution >= 4 is 28.7 Å². The third-order valence-corrected chi connectivity index (χ3v) is 5.31. The molecule has 1 aliphatic rings. The third-order valence-electron chi connectivity index (χ3n) is 5.31. The number of nitrogens with zero attached hydrogens (tertiary/aromatic N) is 5. The van der Waals surface area contributed by atoms with Gasteiger partial charge < -0.3 is 25.0 Å². The summed E-state index contributed by atoms with van der Waals surface area (Å²) in [5.74, 6) is 0.409. The molecule has 0 bridgehead atoms. The molecular weight excluding hydrogens is 450 g/mol. The Morgan fingerprint density at radius 2 is 2.09 bits per heavy atom. The van der Waals surface area contributed by atoms with Crippen LogP contribution >= 0.6 is 0 Å². The first kappa shape index (κ1) is 23.3. The zero-order chi connectivity index (χ0) is 24.1. The molecule has 3 heterocycles. The highest BCUT2D eigenvalue weighted by molar-refractivity contribution is 5.87. The Morgan fingerprint density at radius 3 is 2.79 bits per heavy atom. The molecule has 1 fully saturated rings. The minimum absolute atomic E-state index is 0.0278. The predicted molar refractivity (Wildman–Crippen MR) is 120 cm³/mol. The van der Waals surface area contributed by atoms with Gasteiger partial charge in [0.15, 0.2) is 0 Å². The minimum Gasteiger partial charge on any atom is -0.479 e. The summed E-state index contributed by atoms with van der Waals surface area (Å²) in [6, 6.07) is 6.72. The zero-order valence-corrected chi connectivity index (χ0v) is 18.4. The van der Waals surface area contributed by atoms with Gasteiger partial charge in [-0.25, -0.2) is 18.8 Å². The number of anilines is 2. The molecule has 2 aromatic heterocycles. The van der Waals surface area contributed by atoms with Crippen LogP contribution in [0.5, 0.6) is 5.88 Å². The number of ether oxygens (including phenoxy) is 2. The normalized spacial score (nSPS) is 13.8. The first-order chi connectivity index (χ1) is 16.5.